The van der Waals surface area contributed by atoms with Crippen LogP contribution in [0.15, 0.2) is 6.33 Å². The molecular formula is C9H17N7. The van der Waals surface area contributed by atoms with Gasteiger partial charge in [-0.15, -0.1) is 10.2 Å². The third-order valence-corrected chi connectivity index (χ3v) is 1.86. The van der Waals surface area contributed by atoms with E-state index in [1.165, 1.54) is 6.33 Å². The average molecular weight is 223 g/mol. The fraction of sp³-hybridized carbons (Fsp3) is 0.667. The number of rotatable bonds is 2. The SMILES string of the molecule is CC(C)c1ncn[nH]1.CC(C)c1nn[nH]n1. The number of H-pyrrole nitrogens is 2. The van der Waals surface area contributed by atoms with Crippen LogP contribution in [0.5, 0.6) is 0 Å². The Morgan fingerprint density at radius 3 is 2.12 bits per heavy atom. The van der Waals surface area contributed by atoms with Gasteiger partial charge in [0, 0.05) is 11.8 Å². The zero-order chi connectivity index (χ0) is 12.0. The number of nitrogens with zero attached hydrogens (tertiary/aromatic N) is 5. The van der Waals surface area contributed by atoms with Gasteiger partial charge >= 0.3 is 0 Å². The minimum absolute atomic E-state index is 0.369. The van der Waals surface area contributed by atoms with Crippen LogP contribution in [0, 0.1) is 0 Å². The highest BCUT2D eigenvalue weighted by molar-refractivity contribution is 4.86. The molecule has 0 unspecified atom stereocenters. The topological polar surface area (TPSA) is 96.0 Å². The predicted octanol–water partition coefficient (Wildman–Crippen LogP) is 1.25. The van der Waals surface area contributed by atoms with Crippen LogP contribution in [0.1, 0.15) is 51.2 Å². The first kappa shape index (κ1) is 12.3. The lowest BCUT2D eigenvalue weighted by Crippen LogP contribution is -1.88. The minimum atomic E-state index is 0.369. The molecule has 0 aliphatic rings. The second-order valence-corrected chi connectivity index (χ2v) is 3.95. The van der Waals surface area contributed by atoms with Crippen molar-refractivity contribution in [3.05, 3.63) is 18.0 Å². The molecule has 0 amide bonds. The quantitative estimate of drug-likeness (QED) is 0.798. The molecule has 0 radical (unpaired) electrons. The van der Waals surface area contributed by atoms with Crippen molar-refractivity contribution in [1.82, 2.24) is 35.8 Å². The molecule has 0 fully saturated rings. The van der Waals surface area contributed by atoms with Gasteiger partial charge in [0.2, 0.25) is 0 Å². The van der Waals surface area contributed by atoms with E-state index >= 15 is 0 Å². The van der Waals surface area contributed by atoms with E-state index in [1.54, 1.807) is 0 Å². The van der Waals surface area contributed by atoms with Gasteiger partial charge < -0.3 is 0 Å². The Morgan fingerprint density at radius 1 is 1.12 bits per heavy atom. The fourth-order valence-electron chi connectivity index (χ4n) is 0.907. The molecule has 0 spiro atoms. The largest absolute Gasteiger partial charge is 0.263 e. The summed E-state index contributed by atoms with van der Waals surface area (Å²) < 4.78 is 0. The van der Waals surface area contributed by atoms with E-state index in [1.807, 2.05) is 13.8 Å². The number of hydrogen-bond donors (Lipinski definition) is 2. The first-order valence-corrected chi connectivity index (χ1v) is 5.19. The standard InChI is InChI=1S/C5H9N3.C4H8N4/c1-4(2)5-6-3-7-8-5;1-3(2)4-5-7-8-6-4/h3-4H,1-2H3,(H,6,7,8);3H,1-2H3,(H,5,6,7,8). The molecule has 7 nitrogen and oxygen atoms in total. The van der Waals surface area contributed by atoms with E-state index in [4.69, 9.17) is 0 Å². The lowest BCUT2D eigenvalue weighted by molar-refractivity contribution is 0.778. The smallest absolute Gasteiger partial charge is 0.177 e. The van der Waals surface area contributed by atoms with E-state index < -0.39 is 0 Å². The Labute approximate surface area is 94.1 Å². The molecule has 0 saturated heterocycles. The van der Waals surface area contributed by atoms with Crippen LogP contribution in [0.25, 0.3) is 0 Å². The molecule has 0 aromatic carbocycles. The van der Waals surface area contributed by atoms with Crippen LogP contribution in [0.3, 0.4) is 0 Å². The zero-order valence-corrected chi connectivity index (χ0v) is 9.97. The molecule has 0 saturated carbocycles. The summed E-state index contributed by atoms with van der Waals surface area (Å²) in [6, 6.07) is 0. The molecule has 0 aliphatic carbocycles. The Balaban J connectivity index is 0.000000160. The number of tetrazole rings is 1. The van der Waals surface area contributed by atoms with Crippen LogP contribution in [0.2, 0.25) is 0 Å². The number of aromatic amines is 2. The summed E-state index contributed by atoms with van der Waals surface area (Å²) in [5.41, 5.74) is 0. The summed E-state index contributed by atoms with van der Waals surface area (Å²) in [6.07, 6.45) is 1.52. The van der Waals surface area contributed by atoms with Crippen molar-refractivity contribution in [1.29, 1.82) is 0 Å². The summed E-state index contributed by atoms with van der Waals surface area (Å²) >= 11 is 0. The van der Waals surface area contributed by atoms with Crippen LogP contribution in [0.4, 0.5) is 0 Å². The van der Waals surface area contributed by atoms with Crippen molar-refractivity contribution < 1.29 is 0 Å². The van der Waals surface area contributed by atoms with E-state index in [0.717, 1.165) is 11.6 Å². The van der Waals surface area contributed by atoms with Gasteiger partial charge in [-0.25, -0.2) is 4.98 Å². The molecule has 2 rings (SSSR count). The van der Waals surface area contributed by atoms with Gasteiger partial charge in [0.25, 0.3) is 0 Å². The molecule has 0 atom stereocenters. The normalized spacial score (nSPS) is 10.4. The lowest BCUT2D eigenvalue weighted by Gasteiger charge is -1.93. The van der Waals surface area contributed by atoms with Gasteiger partial charge in [0.15, 0.2) is 5.82 Å². The minimum Gasteiger partial charge on any atom is -0.263 e. The lowest BCUT2D eigenvalue weighted by atomic mass is 10.2. The highest BCUT2D eigenvalue weighted by Crippen LogP contribution is 2.04. The Morgan fingerprint density at radius 2 is 1.88 bits per heavy atom. The molecule has 0 bridgehead atoms. The molecule has 2 heterocycles. The van der Waals surface area contributed by atoms with Gasteiger partial charge in [0.1, 0.15) is 12.2 Å². The third kappa shape index (κ3) is 3.76. The van der Waals surface area contributed by atoms with Crippen molar-refractivity contribution in [2.24, 2.45) is 0 Å². The molecule has 88 valence electrons. The predicted molar refractivity (Wildman–Crippen MR) is 58.7 cm³/mol. The van der Waals surface area contributed by atoms with E-state index in [-0.39, 0.29) is 0 Å². The molecule has 2 aromatic heterocycles. The molecule has 2 aromatic rings. The van der Waals surface area contributed by atoms with Crippen molar-refractivity contribution in [2.75, 3.05) is 0 Å². The Bertz CT molecular complexity index is 324. The zero-order valence-electron chi connectivity index (χ0n) is 9.97. The van der Waals surface area contributed by atoms with Crippen LogP contribution < -0.4 is 0 Å². The second kappa shape index (κ2) is 5.94. The van der Waals surface area contributed by atoms with Gasteiger partial charge in [-0.3, -0.25) is 5.10 Å². The average Bonchev–Trinajstić information content (AvgIpc) is 2.93. The van der Waals surface area contributed by atoms with Crippen molar-refractivity contribution in [3.63, 3.8) is 0 Å². The Hall–Kier alpha value is -1.79. The molecule has 2 N–H and O–H groups in total. The number of aromatic nitrogens is 7. The molecule has 7 heteroatoms. The van der Waals surface area contributed by atoms with Crippen molar-refractivity contribution in [3.8, 4) is 0 Å². The molecule has 16 heavy (non-hydrogen) atoms. The summed E-state index contributed by atoms with van der Waals surface area (Å²) in [5.74, 6) is 2.54. The van der Waals surface area contributed by atoms with Gasteiger partial charge in [-0.2, -0.15) is 10.3 Å². The molecular weight excluding hydrogens is 206 g/mol. The highest BCUT2D eigenvalue weighted by Gasteiger charge is 2.00. The first-order valence-electron chi connectivity index (χ1n) is 5.19. The number of nitrogens with one attached hydrogen (secondary N) is 2. The Kier molecular flexibility index (Phi) is 4.56. The third-order valence-electron chi connectivity index (χ3n) is 1.86. The van der Waals surface area contributed by atoms with Crippen LogP contribution >= 0.6 is 0 Å². The van der Waals surface area contributed by atoms with Gasteiger partial charge in [0.05, 0.1) is 0 Å². The van der Waals surface area contributed by atoms with Crippen molar-refractivity contribution >= 4 is 0 Å². The van der Waals surface area contributed by atoms with Crippen LogP contribution in [-0.4, -0.2) is 35.8 Å². The van der Waals surface area contributed by atoms with Gasteiger partial charge in [-0.1, -0.05) is 32.9 Å². The van der Waals surface area contributed by atoms with E-state index in [2.05, 4.69) is 49.7 Å². The van der Waals surface area contributed by atoms with E-state index in [0.29, 0.717) is 11.8 Å². The van der Waals surface area contributed by atoms with Crippen molar-refractivity contribution in [2.45, 2.75) is 39.5 Å². The maximum Gasteiger partial charge on any atom is 0.177 e. The van der Waals surface area contributed by atoms with Crippen LogP contribution in [-0.2, 0) is 0 Å². The highest BCUT2D eigenvalue weighted by atomic mass is 15.5. The summed E-state index contributed by atoms with van der Waals surface area (Å²) in [7, 11) is 0. The molecule has 0 aliphatic heterocycles. The van der Waals surface area contributed by atoms with Gasteiger partial charge in [-0.05, 0) is 0 Å². The maximum atomic E-state index is 3.95. The summed E-state index contributed by atoms with van der Waals surface area (Å²) in [4.78, 5) is 3.95. The summed E-state index contributed by atoms with van der Waals surface area (Å²) in [6.45, 7) is 8.18. The summed E-state index contributed by atoms with van der Waals surface area (Å²) in [5, 5.41) is 19.8. The second-order valence-electron chi connectivity index (χ2n) is 3.95. The fourth-order valence-corrected chi connectivity index (χ4v) is 0.907. The monoisotopic (exact) mass is 223 g/mol. The first-order chi connectivity index (χ1) is 7.61. The van der Waals surface area contributed by atoms with E-state index in [9.17, 15) is 0 Å². The maximum absolute atomic E-state index is 3.95. The number of hydrogen-bond acceptors (Lipinski definition) is 5.